The van der Waals surface area contributed by atoms with Crippen molar-refractivity contribution < 1.29 is 32.2 Å². The molecule has 1 aliphatic heterocycles. The van der Waals surface area contributed by atoms with Gasteiger partial charge in [-0.3, -0.25) is 4.79 Å². The minimum atomic E-state index is -4.37. The lowest BCUT2D eigenvalue weighted by Gasteiger charge is -2.30. The number of hydrogen-bond donors (Lipinski definition) is 1. The molecular formula is C19H26F3NO4. The zero-order valence-electron chi connectivity index (χ0n) is 15.5. The van der Waals surface area contributed by atoms with E-state index in [0.717, 1.165) is 24.1 Å². The third kappa shape index (κ3) is 6.19. The summed E-state index contributed by atoms with van der Waals surface area (Å²) in [5, 5.41) is 0. The Morgan fingerprint density at radius 3 is 2.48 bits per heavy atom. The number of carbonyl (C=O) groups excluding carboxylic acids is 1. The predicted molar refractivity (Wildman–Crippen MR) is 93.0 cm³/mol. The molecule has 1 aromatic rings. The number of carbonyl (C=O) groups is 1. The molecular weight excluding hydrogens is 363 g/mol. The van der Waals surface area contributed by atoms with Crippen LogP contribution in [0.1, 0.15) is 31.4 Å². The molecule has 1 aliphatic rings. The van der Waals surface area contributed by atoms with Gasteiger partial charge in [-0.25, -0.2) is 0 Å². The molecule has 27 heavy (non-hydrogen) atoms. The van der Waals surface area contributed by atoms with Crippen LogP contribution in [0.5, 0.6) is 0 Å². The number of rotatable bonds is 5. The Bertz CT molecular complexity index is 606. The number of benzene rings is 1. The van der Waals surface area contributed by atoms with E-state index in [4.69, 9.17) is 19.9 Å². The van der Waals surface area contributed by atoms with Crippen LogP contribution in [0.3, 0.4) is 0 Å². The van der Waals surface area contributed by atoms with E-state index < -0.39 is 36.0 Å². The maximum absolute atomic E-state index is 12.7. The van der Waals surface area contributed by atoms with Gasteiger partial charge in [-0.1, -0.05) is 19.1 Å². The van der Waals surface area contributed by atoms with Crippen molar-refractivity contribution in [2.75, 3.05) is 19.8 Å². The first kappa shape index (κ1) is 21.7. The standard InChI is InChI=1S/C19H26F3NO4/c1-3-8-26-17-12(2)27-18(24)16(23)11-25-10-14(17)9-13-4-6-15(7-5-13)19(20,21)22/h4-7,12,14,16-17H,3,8-11,23H2,1-2H3/t12-,14-,16-,17-/m0/s1. The third-order valence-electron chi connectivity index (χ3n) is 4.45. The van der Waals surface area contributed by atoms with E-state index in [0.29, 0.717) is 13.0 Å². The lowest BCUT2D eigenvalue weighted by Crippen LogP contribution is -2.42. The van der Waals surface area contributed by atoms with Gasteiger partial charge in [-0.2, -0.15) is 13.2 Å². The van der Waals surface area contributed by atoms with Gasteiger partial charge in [0.25, 0.3) is 0 Å². The topological polar surface area (TPSA) is 70.8 Å². The molecule has 5 nitrogen and oxygen atoms in total. The fraction of sp³-hybridized carbons (Fsp3) is 0.632. The number of hydrogen-bond acceptors (Lipinski definition) is 5. The number of ether oxygens (including phenoxy) is 3. The molecule has 1 saturated heterocycles. The second-order valence-corrected chi connectivity index (χ2v) is 6.78. The summed E-state index contributed by atoms with van der Waals surface area (Å²) in [7, 11) is 0. The molecule has 0 amide bonds. The molecule has 0 aliphatic carbocycles. The van der Waals surface area contributed by atoms with Crippen molar-refractivity contribution in [3.63, 3.8) is 0 Å². The molecule has 1 aromatic carbocycles. The molecule has 1 fully saturated rings. The highest BCUT2D eigenvalue weighted by molar-refractivity contribution is 5.75. The van der Waals surface area contributed by atoms with Crippen molar-refractivity contribution in [2.24, 2.45) is 11.7 Å². The second kappa shape index (κ2) is 9.52. The van der Waals surface area contributed by atoms with Crippen LogP contribution in [-0.4, -0.2) is 44.0 Å². The zero-order valence-corrected chi connectivity index (χ0v) is 15.5. The first-order chi connectivity index (χ1) is 12.7. The van der Waals surface area contributed by atoms with Crippen LogP contribution in [-0.2, 0) is 31.6 Å². The minimum absolute atomic E-state index is 0.0234. The lowest BCUT2D eigenvalue weighted by atomic mass is 9.91. The lowest BCUT2D eigenvalue weighted by molar-refractivity contribution is -0.159. The van der Waals surface area contributed by atoms with Gasteiger partial charge in [0.15, 0.2) is 0 Å². The summed E-state index contributed by atoms with van der Waals surface area (Å²) in [5.74, 6) is -0.746. The zero-order chi connectivity index (χ0) is 20.0. The molecule has 0 spiro atoms. The van der Waals surface area contributed by atoms with Gasteiger partial charge in [0, 0.05) is 12.5 Å². The molecule has 0 unspecified atom stereocenters. The van der Waals surface area contributed by atoms with Crippen molar-refractivity contribution in [1.82, 2.24) is 0 Å². The fourth-order valence-corrected chi connectivity index (χ4v) is 3.06. The number of nitrogens with two attached hydrogens (primary N) is 1. The first-order valence-corrected chi connectivity index (χ1v) is 9.04. The minimum Gasteiger partial charge on any atom is -0.459 e. The number of cyclic esters (lactones) is 1. The van der Waals surface area contributed by atoms with Crippen LogP contribution in [0.4, 0.5) is 13.2 Å². The Balaban J connectivity index is 2.19. The summed E-state index contributed by atoms with van der Waals surface area (Å²) < 4.78 is 55.1. The Labute approximate surface area is 157 Å². The quantitative estimate of drug-likeness (QED) is 0.784. The van der Waals surface area contributed by atoms with Gasteiger partial charge in [-0.15, -0.1) is 0 Å². The molecule has 0 bridgehead atoms. The molecule has 2 N–H and O–H groups in total. The van der Waals surface area contributed by atoms with E-state index in [1.807, 2.05) is 6.92 Å². The van der Waals surface area contributed by atoms with E-state index in [9.17, 15) is 18.0 Å². The number of halogens is 3. The summed E-state index contributed by atoms with van der Waals surface area (Å²) in [6, 6.07) is 4.16. The Morgan fingerprint density at radius 1 is 1.22 bits per heavy atom. The molecule has 4 atom stereocenters. The van der Waals surface area contributed by atoms with Gasteiger partial charge in [-0.05, 0) is 37.5 Å². The van der Waals surface area contributed by atoms with Crippen molar-refractivity contribution >= 4 is 5.97 Å². The largest absolute Gasteiger partial charge is 0.459 e. The van der Waals surface area contributed by atoms with Gasteiger partial charge < -0.3 is 19.9 Å². The molecule has 2 rings (SSSR count). The van der Waals surface area contributed by atoms with Gasteiger partial charge >= 0.3 is 12.1 Å². The van der Waals surface area contributed by atoms with Gasteiger partial charge in [0.05, 0.1) is 24.9 Å². The van der Waals surface area contributed by atoms with E-state index >= 15 is 0 Å². The van der Waals surface area contributed by atoms with Gasteiger partial charge in [0.1, 0.15) is 12.1 Å². The molecule has 0 radical (unpaired) electrons. The third-order valence-corrected chi connectivity index (χ3v) is 4.45. The second-order valence-electron chi connectivity index (χ2n) is 6.78. The molecule has 1 heterocycles. The van der Waals surface area contributed by atoms with Crippen LogP contribution in [0.2, 0.25) is 0 Å². The smallest absolute Gasteiger partial charge is 0.416 e. The number of alkyl halides is 3. The van der Waals surface area contributed by atoms with Crippen molar-refractivity contribution in [3.05, 3.63) is 35.4 Å². The normalized spacial score (nSPS) is 27.4. The van der Waals surface area contributed by atoms with Crippen molar-refractivity contribution in [1.29, 1.82) is 0 Å². The highest BCUT2D eigenvalue weighted by atomic mass is 19.4. The van der Waals surface area contributed by atoms with Crippen LogP contribution in [0.15, 0.2) is 24.3 Å². The summed E-state index contributed by atoms with van der Waals surface area (Å²) >= 11 is 0. The van der Waals surface area contributed by atoms with Crippen molar-refractivity contribution in [2.45, 2.75) is 51.1 Å². The monoisotopic (exact) mass is 389 g/mol. The summed E-state index contributed by atoms with van der Waals surface area (Å²) in [4.78, 5) is 12.0. The van der Waals surface area contributed by atoms with Crippen molar-refractivity contribution in [3.8, 4) is 0 Å². The number of esters is 1. The first-order valence-electron chi connectivity index (χ1n) is 9.04. The fourth-order valence-electron chi connectivity index (χ4n) is 3.06. The highest BCUT2D eigenvalue weighted by Crippen LogP contribution is 2.30. The SMILES string of the molecule is CCCO[C@@H]1[C@@H](Cc2ccc(C(F)(F)F)cc2)COC[C@H](N)C(=O)O[C@H]1C. The Kier molecular flexibility index (Phi) is 7.64. The van der Waals surface area contributed by atoms with Gasteiger partial charge in [0.2, 0.25) is 0 Å². The average Bonchev–Trinajstić information content (AvgIpc) is 2.64. The Hall–Kier alpha value is -1.64. The molecule has 0 saturated carbocycles. The Morgan fingerprint density at radius 2 is 1.89 bits per heavy atom. The summed E-state index contributed by atoms with van der Waals surface area (Å²) in [6.07, 6.45) is -4.14. The summed E-state index contributed by atoms with van der Waals surface area (Å²) in [5.41, 5.74) is 5.77. The van der Waals surface area contributed by atoms with Crippen LogP contribution in [0, 0.1) is 5.92 Å². The van der Waals surface area contributed by atoms with E-state index in [1.54, 1.807) is 6.92 Å². The van der Waals surface area contributed by atoms with Crippen LogP contribution in [0.25, 0.3) is 0 Å². The van der Waals surface area contributed by atoms with E-state index in [-0.39, 0.29) is 19.1 Å². The summed E-state index contributed by atoms with van der Waals surface area (Å²) in [6.45, 7) is 4.46. The van der Waals surface area contributed by atoms with Crippen LogP contribution < -0.4 is 5.73 Å². The maximum Gasteiger partial charge on any atom is 0.416 e. The molecule has 152 valence electrons. The van der Waals surface area contributed by atoms with E-state index in [2.05, 4.69) is 0 Å². The molecule has 8 heteroatoms. The highest BCUT2D eigenvalue weighted by Gasteiger charge is 2.34. The average molecular weight is 389 g/mol. The maximum atomic E-state index is 12.7. The predicted octanol–water partition coefficient (Wildman–Crippen LogP) is 2.95. The van der Waals surface area contributed by atoms with Crippen LogP contribution >= 0.6 is 0 Å². The molecule has 0 aromatic heterocycles. The van der Waals surface area contributed by atoms with E-state index in [1.165, 1.54) is 12.1 Å².